The number of ether oxygens (including phenoxy) is 1. The Morgan fingerprint density at radius 3 is 2.91 bits per heavy atom. The number of thioether (sulfide) groups is 1. The topological polar surface area (TPSA) is 41.6 Å². The van der Waals surface area contributed by atoms with Crippen LogP contribution in [0.1, 0.15) is 12.8 Å². The van der Waals surface area contributed by atoms with Crippen LogP contribution in [0.5, 0.6) is 5.75 Å². The van der Waals surface area contributed by atoms with Crippen molar-refractivity contribution < 1.29 is 9.53 Å². The summed E-state index contributed by atoms with van der Waals surface area (Å²) in [6.07, 6.45) is 1.40. The van der Waals surface area contributed by atoms with Gasteiger partial charge < -0.3 is 15.0 Å². The maximum absolute atomic E-state index is 12.1. The van der Waals surface area contributed by atoms with Crippen LogP contribution < -0.4 is 10.1 Å². The second-order valence-corrected chi connectivity index (χ2v) is 6.99. The zero-order chi connectivity index (χ0) is 15.8. The smallest absolute Gasteiger partial charge is 0.223 e. The molecule has 0 saturated carbocycles. The third-order valence-electron chi connectivity index (χ3n) is 3.57. The average molecular weight is 343 g/mol. The predicted octanol–water partition coefficient (Wildman–Crippen LogP) is 2.66. The standard InChI is InChI=1S/C16H23ClN2O2S/c1-19(16(20)11-14-12-22-10-7-18-14)8-2-9-21-15-5-3-13(17)4-6-15/h3-6,14,18H,2,7-12H2,1H3. The molecule has 0 bridgehead atoms. The van der Waals surface area contributed by atoms with Gasteiger partial charge in [0.15, 0.2) is 0 Å². The summed E-state index contributed by atoms with van der Waals surface area (Å²) in [6.45, 7) is 2.31. The molecule has 22 heavy (non-hydrogen) atoms. The highest BCUT2D eigenvalue weighted by atomic mass is 35.5. The molecule has 1 unspecified atom stereocenters. The highest BCUT2D eigenvalue weighted by Crippen LogP contribution is 2.15. The van der Waals surface area contributed by atoms with Crippen molar-refractivity contribution in [1.82, 2.24) is 10.2 Å². The van der Waals surface area contributed by atoms with E-state index in [1.165, 1.54) is 0 Å². The van der Waals surface area contributed by atoms with Gasteiger partial charge in [0.25, 0.3) is 0 Å². The Morgan fingerprint density at radius 1 is 1.45 bits per heavy atom. The van der Waals surface area contributed by atoms with E-state index in [0.717, 1.165) is 30.2 Å². The van der Waals surface area contributed by atoms with Gasteiger partial charge in [0.05, 0.1) is 6.61 Å². The van der Waals surface area contributed by atoms with Crippen LogP contribution in [0.3, 0.4) is 0 Å². The number of benzene rings is 1. The minimum atomic E-state index is 0.200. The normalized spacial score (nSPS) is 18.0. The van der Waals surface area contributed by atoms with Gasteiger partial charge in [0, 0.05) is 49.1 Å². The Bertz CT molecular complexity index is 464. The van der Waals surface area contributed by atoms with Crippen LogP contribution in [-0.4, -0.2) is 55.1 Å². The minimum absolute atomic E-state index is 0.200. The molecule has 1 heterocycles. The second kappa shape index (κ2) is 9.28. The molecule has 2 rings (SSSR count). The average Bonchev–Trinajstić information content (AvgIpc) is 2.54. The van der Waals surface area contributed by atoms with Crippen molar-refractivity contribution >= 4 is 29.3 Å². The third-order valence-corrected chi connectivity index (χ3v) is 4.95. The van der Waals surface area contributed by atoms with E-state index in [1.807, 2.05) is 43.1 Å². The molecule has 1 aliphatic heterocycles. The molecule has 1 fully saturated rings. The van der Waals surface area contributed by atoms with Crippen molar-refractivity contribution in [3.8, 4) is 5.75 Å². The molecule has 1 aromatic rings. The molecule has 0 spiro atoms. The van der Waals surface area contributed by atoms with Crippen LogP contribution in [0, 0.1) is 0 Å². The van der Waals surface area contributed by atoms with Crippen molar-refractivity contribution in [2.24, 2.45) is 0 Å². The van der Waals surface area contributed by atoms with Crippen LogP contribution in [0.15, 0.2) is 24.3 Å². The number of carbonyl (C=O) groups is 1. The van der Waals surface area contributed by atoms with Crippen LogP contribution >= 0.6 is 23.4 Å². The van der Waals surface area contributed by atoms with Crippen molar-refractivity contribution in [3.63, 3.8) is 0 Å². The zero-order valence-electron chi connectivity index (χ0n) is 12.9. The lowest BCUT2D eigenvalue weighted by Crippen LogP contribution is -2.42. The van der Waals surface area contributed by atoms with Gasteiger partial charge in [-0.05, 0) is 30.7 Å². The first-order chi connectivity index (χ1) is 10.6. The molecule has 1 atom stereocenters. The van der Waals surface area contributed by atoms with Gasteiger partial charge in [-0.1, -0.05) is 11.6 Å². The molecule has 1 aliphatic rings. The molecular formula is C16H23ClN2O2S. The van der Waals surface area contributed by atoms with E-state index in [-0.39, 0.29) is 5.91 Å². The number of hydrogen-bond donors (Lipinski definition) is 1. The highest BCUT2D eigenvalue weighted by molar-refractivity contribution is 7.99. The fourth-order valence-electron chi connectivity index (χ4n) is 2.26. The molecule has 1 aromatic carbocycles. The summed E-state index contributed by atoms with van der Waals surface area (Å²) in [7, 11) is 1.86. The fourth-order valence-corrected chi connectivity index (χ4v) is 3.34. The molecule has 6 heteroatoms. The Labute approximate surface area is 141 Å². The van der Waals surface area contributed by atoms with Crippen molar-refractivity contribution in [3.05, 3.63) is 29.3 Å². The maximum atomic E-state index is 12.1. The first kappa shape index (κ1) is 17.4. The predicted molar refractivity (Wildman–Crippen MR) is 92.9 cm³/mol. The number of halogens is 1. The third kappa shape index (κ3) is 6.07. The molecule has 0 aliphatic carbocycles. The van der Waals surface area contributed by atoms with Crippen LogP contribution in [0.4, 0.5) is 0 Å². The largest absolute Gasteiger partial charge is 0.494 e. The molecule has 0 radical (unpaired) electrons. The summed E-state index contributed by atoms with van der Waals surface area (Å²) in [5.74, 6) is 3.18. The zero-order valence-corrected chi connectivity index (χ0v) is 14.5. The van der Waals surface area contributed by atoms with Crippen molar-refractivity contribution in [2.45, 2.75) is 18.9 Å². The number of nitrogens with zero attached hydrogens (tertiary/aromatic N) is 1. The van der Waals surface area contributed by atoms with Gasteiger partial charge in [-0.25, -0.2) is 0 Å². The van der Waals surface area contributed by atoms with Gasteiger partial charge in [0.1, 0.15) is 5.75 Å². The lowest BCUT2D eigenvalue weighted by atomic mass is 10.2. The van der Waals surface area contributed by atoms with E-state index in [0.29, 0.717) is 30.6 Å². The van der Waals surface area contributed by atoms with Gasteiger partial charge in [-0.15, -0.1) is 0 Å². The van der Waals surface area contributed by atoms with Crippen LogP contribution in [-0.2, 0) is 4.79 Å². The van der Waals surface area contributed by atoms with Crippen molar-refractivity contribution in [1.29, 1.82) is 0 Å². The molecule has 0 aromatic heterocycles. The number of amides is 1. The summed E-state index contributed by atoms with van der Waals surface area (Å²) in [5, 5.41) is 4.10. The molecule has 1 N–H and O–H groups in total. The highest BCUT2D eigenvalue weighted by Gasteiger charge is 2.18. The lowest BCUT2D eigenvalue weighted by Gasteiger charge is -2.25. The Hall–Kier alpha value is -0.910. The molecule has 1 saturated heterocycles. The Morgan fingerprint density at radius 2 is 2.23 bits per heavy atom. The van der Waals surface area contributed by atoms with E-state index in [1.54, 1.807) is 4.90 Å². The Kier molecular flexibility index (Phi) is 7.36. The molecular weight excluding hydrogens is 320 g/mol. The first-order valence-corrected chi connectivity index (χ1v) is 9.12. The van der Waals surface area contributed by atoms with Gasteiger partial charge >= 0.3 is 0 Å². The molecule has 4 nitrogen and oxygen atoms in total. The number of carbonyl (C=O) groups excluding carboxylic acids is 1. The Balaban J connectivity index is 1.61. The summed E-state index contributed by atoms with van der Waals surface area (Å²) >= 11 is 7.74. The lowest BCUT2D eigenvalue weighted by molar-refractivity contribution is -0.130. The van der Waals surface area contributed by atoms with Crippen molar-refractivity contribution in [2.75, 3.05) is 38.2 Å². The SMILES string of the molecule is CN(CCCOc1ccc(Cl)cc1)C(=O)CC1CSCCN1. The first-order valence-electron chi connectivity index (χ1n) is 7.58. The van der Waals surface area contributed by atoms with Gasteiger partial charge in [-0.3, -0.25) is 4.79 Å². The minimum Gasteiger partial charge on any atom is -0.494 e. The number of nitrogens with one attached hydrogen (secondary N) is 1. The quantitative estimate of drug-likeness (QED) is 0.773. The molecule has 1 amide bonds. The van der Waals surface area contributed by atoms with Gasteiger partial charge in [-0.2, -0.15) is 11.8 Å². The summed E-state index contributed by atoms with van der Waals surface area (Å²) < 4.78 is 5.63. The van der Waals surface area contributed by atoms with E-state index in [4.69, 9.17) is 16.3 Å². The monoisotopic (exact) mass is 342 g/mol. The number of rotatable bonds is 7. The second-order valence-electron chi connectivity index (χ2n) is 5.40. The summed E-state index contributed by atoms with van der Waals surface area (Å²) in [5.41, 5.74) is 0. The molecule has 122 valence electrons. The van der Waals surface area contributed by atoms with E-state index >= 15 is 0 Å². The van der Waals surface area contributed by atoms with E-state index in [9.17, 15) is 4.79 Å². The number of hydrogen-bond acceptors (Lipinski definition) is 4. The van der Waals surface area contributed by atoms with Gasteiger partial charge in [0.2, 0.25) is 5.91 Å². The summed E-state index contributed by atoms with van der Waals surface area (Å²) in [4.78, 5) is 13.9. The van der Waals surface area contributed by atoms with E-state index < -0.39 is 0 Å². The van der Waals surface area contributed by atoms with E-state index in [2.05, 4.69) is 5.32 Å². The van der Waals surface area contributed by atoms with Crippen LogP contribution in [0.25, 0.3) is 0 Å². The summed E-state index contributed by atoms with van der Waals surface area (Å²) in [6, 6.07) is 7.63. The maximum Gasteiger partial charge on any atom is 0.223 e. The van der Waals surface area contributed by atoms with Crippen LogP contribution in [0.2, 0.25) is 5.02 Å². The fraction of sp³-hybridized carbons (Fsp3) is 0.562.